The largest absolute Gasteiger partial charge is 0.395 e. The van der Waals surface area contributed by atoms with Gasteiger partial charge in [-0.3, -0.25) is 0 Å². The molecule has 0 aliphatic heterocycles. The van der Waals surface area contributed by atoms with E-state index in [-0.39, 0.29) is 12.6 Å². The van der Waals surface area contributed by atoms with E-state index in [4.69, 9.17) is 0 Å². The van der Waals surface area contributed by atoms with Gasteiger partial charge in [0.05, 0.1) is 6.61 Å². The van der Waals surface area contributed by atoms with Crippen molar-refractivity contribution < 1.29 is 5.11 Å². The predicted octanol–water partition coefficient (Wildman–Crippen LogP) is 1.71. The van der Waals surface area contributed by atoms with Gasteiger partial charge in [0, 0.05) is 24.5 Å². The lowest BCUT2D eigenvalue weighted by Crippen LogP contribution is -2.34. The molecule has 0 radical (unpaired) electrons. The smallest absolute Gasteiger partial charge is 0.0588 e. The van der Waals surface area contributed by atoms with Gasteiger partial charge in [0.2, 0.25) is 0 Å². The Hall–Kier alpha value is -1.58. The Balaban J connectivity index is 1.85. The van der Waals surface area contributed by atoms with E-state index < -0.39 is 0 Å². The number of rotatable bonds is 6. The third-order valence-corrected chi connectivity index (χ3v) is 2.79. The summed E-state index contributed by atoms with van der Waals surface area (Å²) in [7, 11) is 0. The number of H-pyrrole nitrogens is 1. The number of aromatic nitrogens is 1. The molecule has 0 spiro atoms. The highest BCUT2D eigenvalue weighted by atomic mass is 16.3. The first kappa shape index (κ1) is 11.9. The lowest BCUT2D eigenvalue weighted by molar-refractivity contribution is 0.240. The summed E-state index contributed by atoms with van der Waals surface area (Å²) in [6.45, 7) is 0.903. The monoisotopic (exact) mass is 230 g/mol. The molecule has 3 nitrogen and oxygen atoms in total. The van der Waals surface area contributed by atoms with Crippen molar-refractivity contribution in [1.82, 2.24) is 10.3 Å². The van der Waals surface area contributed by atoms with Gasteiger partial charge >= 0.3 is 0 Å². The lowest BCUT2D eigenvalue weighted by Gasteiger charge is -2.15. The summed E-state index contributed by atoms with van der Waals surface area (Å²) in [6.07, 6.45) is 2.75. The number of hydrogen-bond acceptors (Lipinski definition) is 2. The minimum atomic E-state index is 0.0979. The van der Waals surface area contributed by atoms with Gasteiger partial charge in [0.25, 0.3) is 0 Å². The second-order valence-corrected chi connectivity index (χ2v) is 4.15. The number of hydrogen-bond donors (Lipinski definition) is 3. The molecule has 1 aromatic heterocycles. The van der Waals surface area contributed by atoms with Gasteiger partial charge in [0.1, 0.15) is 0 Å². The summed E-state index contributed by atoms with van der Waals surface area (Å²) in [5.41, 5.74) is 2.38. The highest BCUT2D eigenvalue weighted by molar-refractivity contribution is 5.16. The molecule has 0 fully saturated rings. The molecule has 1 aromatic carbocycles. The van der Waals surface area contributed by atoms with Crippen molar-refractivity contribution in [1.29, 1.82) is 0 Å². The molecule has 17 heavy (non-hydrogen) atoms. The van der Waals surface area contributed by atoms with Crippen LogP contribution in [0.3, 0.4) is 0 Å². The fourth-order valence-electron chi connectivity index (χ4n) is 1.83. The van der Waals surface area contributed by atoms with Crippen LogP contribution in [-0.4, -0.2) is 22.7 Å². The fourth-order valence-corrected chi connectivity index (χ4v) is 1.83. The second-order valence-electron chi connectivity index (χ2n) is 4.15. The number of aliphatic hydroxyl groups is 1. The first-order chi connectivity index (χ1) is 8.38. The second kappa shape index (κ2) is 6.23. The topological polar surface area (TPSA) is 48.0 Å². The summed E-state index contributed by atoms with van der Waals surface area (Å²) in [5.74, 6) is 0. The van der Waals surface area contributed by atoms with Gasteiger partial charge < -0.3 is 15.4 Å². The molecule has 1 unspecified atom stereocenters. The van der Waals surface area contributed by atoms with E-state index in [1.54, 1.807) is 0 Å². The third-order valence-electron chi connectivity index (χ3n) is 2.79. The van der Waals surface area contributed by atoms with Crippen LogP contribution in [0.2, 0.25) is 0 Å². The van der Waals surface area contributed by atoms with Gasteiger partial charge in [-0.05, 0) is 24.1 Å². The van der Waals surface area contributed by atoms with Crippen molar-refractivity contribution in [2.45, 2.75) is 19.0 Å². The molecule has 1 heterocycles. The van der Waals surface area contributed by atoms with E-state index in [1.807, 2.05) is 36.5 Å². The van der Waals surface area contributed by atoms with Crippen molar-refractivity contribution in [3.63, 3.8) is 0 Å². The van der Waals surface area contributed by atoms with Crippen LogP contribution in [0, 0.1) is 0 Å². The Morgan fingerprint density at radius 3 is 2.59 bits per heavy atom. The SMILES string of the molecule is OCC(Cc1ccccc1)NCc1ccc[nH]1. The quantitative estimate of drug-likeness (QED) is 0.707. The Bertz CT molecular complexity index is 411. The molecular weight excluding hydrogens is 212 g/mol. The maximum atomic E-state index is 9.34. The van der Waals surface area contributed by atoms with Gasteiger partial charge in [-0.2, -0.15) is 0 Å². The maximum Gasteiger partial charge on any atom is 0.0588 e. The van der Waals surface area contributed by atoms with Crippen LogP contribution in [0.1, 0.15) is 11.3 Å². The zero-order chi connectivity index (χ0) is 11.9. The molecular formula is C14H18N2O. The van der Waals surface area contributed by atoms with Crippen molar-refractivity contribution in [3.05, 3.63) is 59.9 Å². The zero-order valence-corrected chi connectivity index (χ0v) is 9.76. The Labute approximate surface area is 102 Å². The van der Waals surface area contributed by atoms with E-state index in [0.29, 0.717) is 0 Å². The van der Waals surface area contributed by atoms with Crippen LogP contribution < -0.4 is 5.32 Å². The molecule has 0 saturated heterocycles. The molecule has 1 atom stereocenters. The molecule has 3 heteroatoms. The molecule has 3 N–H and O–H groups in total. The van der Waals surface area contributed by atoms with Crippen molar-refractivity contribution >= 4 is 0 Å². The van der Waals surface area contributed by atoms with Crippen molar-refractivity contribution in [3.8, 4) is 0 Å². The summed E-state index contributed by atoms with van der Waals surface area (Å²) in [5, 5.41) is 12.7. The number of aliphatic hydroxyl groups excluding tert-OH is 1. The van der Waals surface area contributed by atoms with Crippen LogP contribution in [0.25, 0.3) is 0 Å². The van der Waals surface area contributed by atoms with Crippen molar-refractivity contribution in [2.24, 2.45) is 0 Å². The third kappa shape index (κ3) is 3.73. The van der Waals surface area contributed by atoms with Gasteiger partial charge in [-0.25, -0.2) is 0 Å². The predicted molar refractivity (Wildman–Crippen MR) is 68.7 cm³/mol. The Kier molecular flexibility index (Phi) is 4.36. The van der Waals surface area contributed by atoms with Gasteiger partial charge in [-0.15, -0.1) is 0 Å². The van der Waals surface area contributed by atoms with E-state index in [9.17, 15) is 5.11 Å². The molecule has 0 amide bonds. The highest BCUT2D eigenvalue weighted by Crippen LogP contribution is 2.03. The fraction of sp³-hybridized carbons (Fsp3) is 0.286. The van der Waals surface area contributed by atoms with E-state index in [1.165, 1.54) is 5.56 Å². The number of nitrogens with one attached hydrogen (secondary N) is 2. The maximum absolute atomic E-state index is 9.34. The zero-order valence-electron chi connectivity index (χ0n) is 9.76. The average molecular weight is 230 g/mol. The van der Waals surface area contributed by atoms with Crippen LogP contribution in [-0.2, 0) is 13.0 Å². The van der Waals surface area contributed by atoms with E-state index >= 15 is 0 Å². The molecule has 90 valence electrons. The molecule has 0 aliphatic carbocycles. The summed E-state index contributed by atoms with van der Waals surface area (Å²) >= 11 is 0. The average Bonchev–Trinajstić information content (AvgIpc) is 2.89. The van der Waals surface area contributed by atoms with Crippen LogP contribution in [0.4, 0.5) is 0 Å². The molecule has 0 aliphatic rings. The first-order valence-electron chi connectivity index (χ1n) is 5.89. The van der Waals surface area contributed by atoms with E-state index in [2.05, 4.69) is 22.4 Å². The molecule has 2 rings (SSSR count). The molecule has 2 aromatic rings. The van der Waals surface area contributed by atoms with Crippen LogP contribution in [0.5, 0.6) is 0 Å². The van der Waals surface area contributed by atoms with Crippen molar-refractivity contribution in [2.75, 3.05) is 6.61 Å². The van der Waals surface area contributed by atoms with Gasteiger partial charge in [-0.1, -0.05) is 30.3 Å². The van der Waals surface area contributed by atoms with E-state index in [0.717, 1.165) is 18.7 Å². The number of aromatic amines is 1. The summed E-state index contributed by atoms with van der Waals surface area (Å²) < 4.78 is 0. The highest BCUT2D eigenvalue weighted by Gasteiger charge is 2.07. The normalized spacial score (nSPS) is 12.5. The summed E-state index contributed by atoms with van der Waals surface area (Å²) in [6, 6.07) is 14.3. The Morgan fingerprint density at radius 2 is 1.94 bits per heavy atom. The van der Waals surface area contributed by atoms with Gasteiger partial charge in [0.15, 0.2) is 0 Å². The summed E-state index contributed by atoms with van der Waals surface area (Å²) in [4.78, 5) is 3.14. The van der Waals surface area contributed by atoms with Crippen LogP contribution in [0.15, 0.2) is 48.7 Å². The minimum absolute atomic E-state index is 0.0979. The van der Waals surface area contributed by atoms with Crippen LogP contribution >= 0.6 is 0 Å². The standard InChI is InChI=1S/C14H18N2O/c17-11-14(9-12-5-2-1-3-6-12)16-10-13-7-4-8-15-13/h1-8,14-17H,9-11H2. The Morgan fingerprint density at radius 1 is 1.12 bits per heavy atom. The minimum Gasteiger partial charge on any atom is -0.395 e. The number of benzene rings is 1. The molecule has 0 saturated carbocycles. The first-order valence-corrected chi connectivity index (χ1v) is 5.89. The molecule has 0 bridgehead atoms. The lowest BCUT2D eigenvalue weighted by atomic mass is 10.1.